The predicted molar refractivity (Wildman–Crippen MR) is 133 cm³/mol. The van der Waals surface area contributed by atoms with Crippen LogP contribution in [0.5, 0.6) is 5.75 Å². The van der Waals surface area contributed by atoms with E-state index in [1.54, 1.807) is 35.2 Å². The molecule has 1 fully saturated rings. The number of benzene rings is 1. The zero-order chi connectivity index (χ0) is 25.4. The average molecular weight is 531 g/mol. The van der Waals surface area contributed by atoms with Gasteiger partial charge in [0.25, 0.3) is 5.91 Å². The van der Waals surface area contributed by atoms with Gasteiger partial charge in [-0.05, 0) is 6.42 Å². The van der Waals surface area contributed by atoms with Gasteiger partial charge in [0.1, 0.15) is 17.5 Å². The number of amides is 2. The fourth-order valence-corrected chi connectivity index (χ4v) is 5.39. The second-order valence-corrected chi connectivity index (χ2v) is 9.53. The largest absolute Gasteiger partial charge is 0.478 e. The molecule has 2 aliphatic heterocycles. The second-order valence-electron chi connectivity index (χ2n) is 8.74. The normalized spacial score (nSPS) is 17.8. The number of H-pyrrole nitrogens is 1. The van der Waals surface area contributed by atoms with Gasteiger partial charge in [0.05, 0.1) is 39.9 Å². The molecule has 1 unspecified atom stereocenters. The number of nitriles is 1. The van der Waals surface area contributed by atoms with E-state index in [0.717, 1.165) is 0 Å². The van der Waals surface area contributed by atoms with Crippen LogP contribution in [0.25, 0.3) is 22.0 Å². The fourth-order valence-electron chi connectivity index (χ4n) is 4.95. The third kappa shape index (κ3) is 4.28. The number of nitrogens with one attached hydrogen (secondary N) is 1. The summed E-state index contributed by atoms with van der Waals surface area (Å²) in [5.41, 5.74) is 2.36. The molecule has 0 bridgehead atoms. The number of hydrogen-bond acceptors (Lipinski definition) is 6. The van der Waals surface area contributed by atoms with E-state index in [-0.39, 0.29) is 29.5 Å². The number of halogens is 2. The van der Waals surface area contributed by atoms with E-state index >= 15 is 0 Å². The molecule has 4 heterocycles. The Morgan fingerprint density at radius 2 is 2.19 bits per heavy atom. The van der Waals surface area contributed by atoms with Crippen molar-refractivity contribution in [1.82, 2.24) is 24.6 Å². The molecule has 2 aromatic heterocycles. The zero-order valence-electron chi connectivity index (χ0n) is 19.6. The Hall–Kier alpha value is -3.26. The number of morpholine rings is 1. The van der Waals surface area contributed by atoms with E-state index in [1.165, 1.54) is 0 Å². The van der Waals surface area contributed by atoms with Crippen LogP contribution >= 0.6 is 23.2 Å². The van der Waals surface area contributed by atoms with Crippen LogP contribution in [0.2, 0.25) is 10.0 Å². The molecule has 2 amide bonds. The first kappa shape index (κ1) is 24.4. The van der Waals surface area contributed by atoms with E-state index in [1.807, 2.05) is 10.6 Å². The highest BCUT2D eigenvalue weighted by Crippen LogP contribution is 2.47. The molecular formula is C24H24Cl2N6O4. The molecule has 3 aromatic rings. The molecule has 10 nitrogen and oxygen atoms in total. The van der Waals surface area contributed by atoms with Crippen LogP contribution in [0, 0.1) is 11.3 Å². The van der Waals surface area contributed by atoms with Gasteiger partial charge < -0.3 is 23.8 Å². The third-order valence-corrected chi connectivity index (χ3v) is 7.43. The van der Waals surface area contributed by atoms with E-state index in [9.17, 15) is 9.59 Å². The molecule has 0 spiro atoms. The molecule has 0 radical (unpaired) electrons. The van der Waals surface area contributed by atoms with Crippen molar-refractivity contribution in [2.45, 2.75) is 26.0 Å². The average Bonchev–Trinajstić information content (AvgIpc) is 3.52. The Kier molecular flexibility index (Phi) is 6.79. The van der Waals surface area contributed by atoms with Gasteiger partial charge in [-0.25, -0.2) is 0 Å². The van der Waals surface area contributed by atoms with Crippen molar-refractivity contribution in [3.8, 4) is 22.9 Å². The van der Waals surface area contributed by atoms with Crippen molar-refractivity contribution in [1.29, 1.82) is 5.26 Å². The van der Waals surface area contributed by atoms with Crippen LogP contribution in [-0.2, 0) is 16.1 Å². The summed E-state index contributed by atoms with van der Waals surface area (Å²) >= 11 is 13.1. The van der Waals surface area contributed by atoms with Crippen LogP contribution in [0.15, 0.2) is 18.5 Å². The van der Waals surface area contributed by atoms with E-state index in [4.69, 9.17) is 37.9 Å². The van der Waals surface area contributed by atoms with Crippen LogP contribution < -0.4 is 4.74 Å². The molecule has 1 saturated heterocycles. The van der Waals surface area contributed by atoms with Crippen molar-refractivity contribution in [2.75, 3.05) is 39.4 Å². The molecule has 188 valence electrons. The van der Waals surface area contributed by atoms with Crippen LogP contribution in [0.3, 0.4) is 0 Å². The number of rotatable bonds is 6. The standard InChI is InChI=1S/C24H24Cl2N6O4/c1-14(33)31-7-9-35-16(13-31)2-4-30-5-6-32-22-20(18(36-8-3-27)10-17(25)21(22)26)19(23(32)24(30)34)15-11-28-29-12-15/h10-12,16H,2,4-9,13H2,1H3,(H,28,29). The Morgan fingerprint density at radius 3 is 2.92 bits per heavy atom. The molecule has 2 aliphatic rings. The van der Waals surface area contributed by atoms with Gasteiger partial charge in [0, 0.05) is 63.0 Å². The second kappa shape index (κ2) is 10.0. The lowest BCUT2D eigenvalue weighted by atomic mass is 10.0. The summed E-state index contributed by atoms with van der Waals surface area (Å²) in [6.07, 6.45) is 3.81. The van der Waals surface area contributed by atoms with E-state index in [2.05, 4.69) is 10.2 Å². The lowest BCUT2D eigenvalue weighted by Crippen LogP contribution is -2.47. The lowest BCUT2D eigenvalue weighted by Gasteiger charge is -2.34. The Balaban J connectivity index is 1.53. The smallest absolute Gasteiger partial charge is 0.271 e. The highest BCUT2D eigenvalue weighted by molar-refractivity contribution is 6.46. The molecule has 36 heavy (non-hydrogen) atoms. The number of aromatic nitrogens is 3. The molecular weight excluding hydrogens is 507 g/mol. The quantitative estimate of drug-likeness (QED) is 0.522. The topological polar surface area (TPSA) is 116 Å². The maximum atomic E-state index is 13.9. The Morgan fingerprint density at radius 1 is 1.36 bits per heavy atom. The zero-order valence-corrected chi connectivity index (χ0v) is 21.1. The summed E-state index contributed by atoms with van der Waals surface area (Å²) in [5.74, 6) is 0.237. The molecule has 12 heteroatoms. The van der Waals surface area contributed by atoms with Crippen molar-refractivity contribution < 1.29 is 19.1 Å². The first-order valence-corrected chi connectivity index (χ1v) is 12.4. The number of carbonyl (C=O) groups excluding carboxylic acids is 2. The third-order valence-electron chi connectivity index (χ3n) is 6.65. The van der Waals surface area contributed by atoms with Gasteiger partial charge in [-0.2, -0.15) is 10.4 Å². The van der Waals surface area contributed by atoms with Crippen molar-refractivity contribution in [2.24, 2.45) is 0 Å². The van der Waals surface area contributed by atoms with Crippen molar-refractivity contribution >= 4 is 45.9 Å². The van der Waals surface area contributed by atoms with Crippen molar-refractivity contribution in [3.63, 3.8) is 0 Å². The molecule has 5 rings (SSSR count). The minimum Gasteiger partial charge on any atom is -0.478 e. The molecule has 1 atom stereocenters. The summed E-state index contributed by atoms with van der Waals surface area (Å²) in [6.45, 7) is 4.42. The minimum atomic E-state index is -0.183. The monoisotopic (exact) mass is 530 g/mol. The summed E-state index contributed by atoms with van der Waals surface area (Å²) < 4.78 is 13.4. The van der Waals surface area contributed by atoms with E-state index < -0.39 is 0 Å². The first-order chi connectivity index (χ1) is 17.4. The van der Waals surface area contributed by atoms with Crippen molar-refractivity contribution in [3.05, 3.63) is 34.2 Å². The number of carbonyl (C=O) groups is 2. The van der Waals surface area contributed by atoms with Gasteiger partial charge in [0.15, 0.2) is 6.61 Å². The number of aromatic amines is 1. The lowest BCUT2D eigenvalue weighted by molar-refractivity contribution is -0.136. The SMILES string of the molecule is CC(=O)N1CCOC(CCN2CCn3c(c(-c4cn[nH]c4)c4c(OCC#N)cc(Cl)c(Cl)c43)C2=O)C1. The maximum Gasteiger partial charge on any atom is 0.271 e. The van der Waals surface area contributed by atoms with Gasteiger partial charge in [-0.15, -0.1) is 0 Å². The molecule has 0 saturated carbocycles. The summed E-state index contributed by atoms with van der Waals surface area (Å²) in [5, 5.41) is 17.1. The number of fused-ring (bicyclic) bond motifs is 3. The first-order valence-electron chi connectivity index (χ1n) is 11.6. The fraction of sp³-hybridized carbons (Fsp3) is 0.417. The molecule has 1 aromatic carbocycles. The summed E-state index contributed by atoms with van der Waals surface area (Å²) in [7, 11) is 0. The Labute approximate surface area is 217 Å². The highest BCUT2D eigenvalue weighted by Gasteiger charge is 2.35. The van der Waals surface area contributed by atoms with Crippen LogP contribution in [-0.4, -0.2) is 81.9 Å². The summed E-state index contributed by atoms with van der Waals surface area (Å²) in [6, 6.07) is 3.54. The molecule has 1 N–H and O–H groups in total. The van der Waals surface area contributed by atoms with Crippen LogP contribution in [0.4, 0.5) is 0 Å². The van der Waals surface area contributed by atoms with Gasteiger partial charge in [-0.3, -0.25) is 14.7 Å². The molecule has 0 aliphatic carbocycles. The predicted octanol–water partition coefficient (Wildman–Crippen LogP) is 3.33. The van der Waals surface area contributed by atoms with E-state index in [0.29, 0.717) is 84.2 Å². The Bertz CT molecular complexity index is 1360. The highest BCUT2D eigenvalue weighted by atomic mass is 35.5. The van der Waals surface area contributed by atoms with Gasteiger partial charge in [-0.1, -0.05) is 23.2 Å². The number of hydrogen-bond donors (Lipinski definition) is 1. The maximum absolute atomic E-state index is 13.9. The van der Waals surface area contributed by atoms with Gasteiger partial charge in [0.2, 0.25) is 5.91 Å². The number of ether oxygens (including phenoxy) is 2. The van der Waals surface area contributed by atoms with Crippen LogP contribution in [0.1, 0.15) is 23.8 Å². The summed E-state index contributed by atoms with van der Waals surface area (Å²) in [4.78, 5) is 29.2. The minimum absolute atomic E-state index is 0.0246. The number of nitrogens with zero attached hydrogens (tertiary/aromatic N) is 5. The van der Waals surface area contributed by atoms with Gasteiger partial charge >= 0.3 is 0 Å².